The molecule has 9 heteroatoms. The molecule has 0 saturated heterocycles. The van der Waals surface area contributed by atoms with Gasteiger partial charge in [-0.15, -0.1) is 0 Å². The van der Waals surface area contributed by atoms with Gasteiger partial charge in [0.05, 0.1) is 17.1 Å². The average molecular weight is 386 g/mol. The number of hydrogen-bond acceptors (Lipinski definition) is 6. The van der Waals surface area contributed by atoms with Gasteiger partial charge in [0.2, 0.25) is 10.0 Å². The maximum atomic E-state index is 12.2. The summed E-state index contributed by atoms with van der Waals surface area (Å²) in [5, 5.41) is 2.68. The van der Waals surface area contributed by atoms with Gasteiger partial charge in [0.25, 0.3) is 5.91 Å². The average Bonchev–Trinajstić information content (AvgIpc) is 2.59. The maximum absolute atomic E-state index is 12.2. The van der Waals surface area contributed by atoms with Crippen LogP contribution in [0.5, 0.6) is 0 Å². The number of rotatable bonds is 10. The number of amides is 1. The van der Waals surface area contributed by atoms with Gasteiger partial charge < -0.3 is 14.8 Å². The number of methoxy groups -OCH3 is 1. The molecule has 2 atom stereocenters. The van der Waals surface area contributed by atoms with Crippen molar-refractivity contribution < 1.29 is 27.5 Å². The Hall–Kier alpha value is -1.97. The Morgan fingerprint density at radius 1 is 1.12 bits per heavy atom. The number of esters is 1. The lowest BCUT2D eigenvalue weighted by Crippen LogP contribution is -2.35. The summed E-state index contributed by atoms with van der Waals surface area (Å²) in [7, 11) is -2.23. The Balaban J connectivity index is 2.66. The Morgan fingerprint density at radius 2 is 1.73 bits per heavy atom. The third kappa shape index (κ3) is 7.11. The molecule has 0 unspecified atom stereocenters. The van der Waals surface area contributed by atoms with E-state index in [9.17, 15) is 18.0 Å². The quantitative estimate of drug-likeness (QED) is 0.582. The molecule has 0 fully saturated rings. The van der Waals surface area contributed by atoms with Crippen molar-refractivity contribution in [2.75, 3.05) is 20.3 Å². The van der Waals surface area contributed by atoms with Crippen LogP contribution in [0.25, 0.3) is 0 Å². The predicted octanol–water partition coefficient (Wildman–Crippen LogP) is 1.07. The molecule has 0 radical (unpaired) electrons. The van der Waals surface area contributed by atoms with E-state index in [4.69, 9.17) is 9.47 Å². The molecule has 146 valence electrons. The predicted molar refractivity (Wildman–Crippen MR) is 96.3 cm³/mol. The van der Waals surface area contributed by atoms with Crippen molar-refractivity contribution in [2.45, 2.75) is 44.2 Å². The van der Waals surface area contributed by atoms with Crippen LogP contribution in [0.3, 0.4) is 0 Å². The fourth-order valence-corrected chi connectivity index (χ4v) is 3.25. The normalized spacial score (nSPS) is 13.7. The van der Waals surface area contributed by atoms with Crippen molar-refractivity contribution in [3.8, 4) is 0 Å². The van der Waals surface area contributed by atoms with Gasteiger partial charge in [-0.25, -0.2) is 17.9 Å². The van der Waals surface area contributed by atoms with Crippen LogP contribution in [0.15, 0.2) is 29.2 Å². The lowest BCUT2D eigenvalue weighted by atomic mass is 10.2. The van der Waals surface area contributed by atoms with E-state index in [0.717, 1.165) is 6.42 Å². The minimum absolute atomic E-state index is 0.00121. The molecule has 0 heterocycles. The third-order valence-electron chi connectivity index (χ3n) is 3.53. The molecule has 1 rings (SSSR count). The van der Waals surface area contributed by atoms with Crippen LogP contribution in [-0.4, -0.2) is 52.7 Å². The molecule has 0 spiro atoms. The Labute approximate surface area is 154 Å². The number of carbonyl (C=O) groups excluding carboxylic acids is 2. The zero-order valence-electron chi connectivity index (χ0n) is 15.4. The molecule has 1 aromatic rings. The van der Waals surface area contributed by atoms with Gasteiger partial charge in [-0.1, -0.05) is 6.92 Å². The van der Waals surface area contributed by atoms with Crippen molar-refractivity contribution in [1.82, 2.24) is 10.0 Å². The van der Waals surface area contributed by atoms with Crippen LogP contribution in [0.2, 0.25) is 0 Å². The van der Waals surface area contributed by atoms with Crippen LogP contribution < -0.4 is 10.0 Å². The number of benzene rings is 1. The Morgan fingerprint density at radius 3 is 2.27 bits per heavy atom. The lowest BCUT2D eigenvalue weighted by molar-refractivity contribution is -0.124. The smallest absolute Gasteiger partial charge is 0.338 e. The van der Waals surface area contributed by atoms with Gasteiger partial charge in [-0.2, -0.15) is 0 Å². The second-order valence-corrected chi connectivity index (χ2v) is 7.67. The molecule has 0 aromatic heterocycles. The first kappa shape index (κ1) is 22.1. The van der Waals surface area contributed by atoms with Crippen molar-refractivity contribution in [3.05, 3.63) is 29.8 Å². The third-order valence-corrected chi connectivity index (χ3v) is 5.13. The fraction of sp³-hybridized carbons (Fsp3) is 0.529. The summed E-state index contributed by atoms with van der Waals surface area (Å²) in [6.45, 7) is 5.30. The van der Waals surface area contributed by atoms with Crippen molar-refractivity contribution in [3.63, 3.8) is 0 Å². The molecule has 1 aromatic carbocycles. The van der Waals surface area contributed by atoms with E-state index in [-0.39, 0.29) is 35.6 Å². The first-order valence-corrected chi connectivity index (χ1v) is 9.75. The monoisotopic (exact) mass is 386 g/mol. The van der Waals surface area contributed by atoms with Gasteiger partial charge in [-0.3, -0.25) is 4.79 Å². The number of carbonyl (C=O) groups is 2. The summed E-state index contributed by atoms with van der Waals surface area (Å²) >= 11 is 0. The summed E-state index contributed by atoms with van der Waals surface area (Å²) in [6, 6.07) is 4.89. The fourth-order valence-electron chi connectivity index (χ4n) is 2.02. The van der Waals surface area contributed by atoms with E-state index in [1.165, 1.54) is 31.4 Å². The van der Waals surface area contributed by atoms with Gasteiger partial charge in [0, 0.05) is 19.2 Å². The molecule has 0 aliphatic heterocycles. The molecular weight excluding hydrogens is 360 g/mol. The summed E-state index contributed by atoms with van der Waals surface area (Å²) < 4.78 is 36.7. The molecule has 8 nitrogen and oxygen atoms in total. The second-order valence-electron chi connectivity index (χ2n) is 5.95. The van der Waals surface area contributed by atoms with E-state index >= 15 is 0 Å². The molecule has 0 bridgehead atoms. The van der Waals surface area contributed by atoms with Crippen LogP contribution >= 0.6 is 0 Å². The van der Waals surface area contributed by atoms with E-state index < -0.39 is 22.0 Å². The summed E-state index contributed by atoms with van der Waals surface area (Å²) in [4.78, 5) is 23.6. The van der Waals surface area contributed by atoms with Crippen LogP contribution in [0, 0.1) is 0 Å². The zero-order chi connectivity index (χ0) is 19.7. The molecule has 0 aliphatic carbocycles. The minimum atomic E-state index is -3.71. The zero-order valence-corrected chi connectivity index (χ0v) is 16.3. The standard InChI is InChI=1S/C17H26N2O6S/c1-5-12(2)18-16(20)11-25-17(21)14-6-8-15(9-7-14)26(22,23)19-13(3)10-24-4/h6-9,12-13,19H,5,10-11H2,1-4H3,(H,18,20)/t12-,13+/m1/s1. The first-order chi connectivity index (χ1) is 12.2. The van der Waals surface area contributed by atoms with Crippen LogP contribution in [0.1, 0.15) is 37.6 Å². The van der Waals surface area contributed by atoms with Crippen LogP contribution in [-0.2, 0) is 24.3 Å². The first-order valence-electron chi connectivity index (χ1n) is 8.27. The van der Waals surface area contributed by atoms with Gasteiger partial charge >= 0.3 is 5.97 Å². The highest BCUT2D eigenvalue weighted by Crippen LogP contribution is 2.12. The van der Waals surface area contributed by atoms with Gasteiger partial charge in [0.1, 0.15) is 0 Å². The van der Waals surface area contributed by atoms with Crippen LogP contribution in [0.4, 0.5) is 0 Å². The largest absolute Gasteiger partial charge is 0.452 e. The maximum Gasteiger partial charge on any atom is 0.338 e. The van der Waals surface area contributed by atoms with E-state index in [0.29, 0.717) is 0 Å². The van der Waals surface area contributed by atoms with E-state index in [1.807, 2.05) is 13.8 Å². The molecular formula is C17H26N2O6S. The number of hydrogen-bond donors (Lipinski definition) is 2. The summed E-state index contributed by atoms with van der Waals surface area (Å²) in [5.74, 6) is -1.09. The lowest BCUT2D eigenvalue weighted by Gasteiger charge is -2.13. The summed E-state index contributed by atoms with van der Waals surface area (Å²) in [6.07, 6.45) is 0.770. The highest BCUT2D eigenvalue weighted by molar-refractivity contribution is 7.89. The molecule has 26 heavy (non-hydrogen) atoms. The number of ether oxygens (including phenoxy) is 2. The van der Waals surface area contributed by atoms with E-state index in [1.54, 1.807) is 6.92 Å². The summed E-state index contributed by atoms with van der Waals surface area (Å²) in [5.41, 5.74) is 0.158. The number of sulfonamides is 1. The SMILES string of the molecule is CC[C@@H](C)NC(=O)COC(=O)c1ccc(S(=O)(=O)N[C@@H](C)COC)cc1. The molecule has 0 aliphatic rings. The molecule has 1 amide bonds. The minimum Gasteiger partial charge on any atom is -0.452 e. The van der Waals surface area contributed by atoms with Crippen molar-refractivity contribution in [1.29, 1.82) is 0 Å². The van der Waals surface area contributed by atoms with Gasteiger partial charge in [-0.05, 0) is 44.5 Å². The number of nitrogens with one attached hydrogen (secondary N) is 2. The Bertz CT molecular complexity index is 702. The topological polar surface area (TPSA) is 111 Å². The molecule has 0 saturated carbocycles. The van der Waals surface area contributed by atoms with Crippen molar-refractivity contribution in [2.24, 2.45) is 0 Å². The highest BCUT2D eigenvalue weighted by Gasteiger charge is 2.18. The second kappa shape index (κ2) is 10.2. The Kier molecular flexibility index (Phi) is 8.70. The van der Waals surface area contributed by atoms with E-state index in [2.05, 4.69) is 10.0 Å². The highest BCUT2D eigenvalue weighted by atomic mass is 32.2. The molecule has 2 N–H and O–H groups in total. The van der Waals surface area contributed by atoms with Gasteiger partial charge in [0.15, 0.2) is 6.61 Å². The van der Waals surface area contributed by atoms with Crippen molar-refractivity contribution >= 4 is 21.9 Å².